The molecule has 0 saturated heterocycles. The molecule has 102 valence electrons. The number of nitrogens with one attached hydrogen (secondary N) is 1. The van der Waals surface area contributed by atoms with Crippen molar-refractivity contribution in [1.29, 1.82) is 0 Å². The molecule has 0 aliphatic carbocycles. The Morgan fingerprint density at radius 2 is 1.68 bits per heavy atom. The Balaban J connectivity index is 2.13. The molecule has 3 nitrogen and oxygen atoms in total. The summed E-state index contributed by atoms with van der Waals surface area (Å²) in [6.45, 7) is 10.7. The summed E-state index contributed by atoms with van der Waals surface area (Å²) in [6, 6.07) is 7.35. The molecule has 0 aliphatic rings. The average Bonchev–Trinajstić information content (AvgIpc) is 2.76. The van der Waals surface area contributed by atoms with Gasteiger partial charge in [0.25, 0.3) is 0 Å². The topological polar surface area (TPSA) is 29.9 Å². The number of nitrogens with zero attached hydrogens (tertiary/aromatic N) is 2. The molecule has 1 aromatic carbocycles. The maximum atomic E-state index is 4.35. The molecule has 3 heteroatoms. The van der Waals surface area contributed by atoms with Gasteiger partial charge in [-0.15, -0.1) is 0 Å². The van der Waals surface area contributed by atoms with Crippen LogP contribution in [0.2, 0.25) is 0 Å². The van der Waals surface area contributed by atoms with Gasteiger partial charge in [-0.3, -0.25) is 4.68 Å². The van der Waals surface area contributed by atoms with Crippen LogP contribution in [0.3, 0.4) is 0 Å². The SMILES string of the molecule is Cc1cc(C)cc(C(C)Nc2cnn(C(C)C)c2)c1. The van der Waals surface area contributed by atoms with Crippen LogP contribution in [-0.4, -0.2) is 9.78 Å². The highest BCUT2D eigenvalue weighted by Crippen LogP contribution is 2.21. The van der Waals surface area contributed by atoms with Gasteiger partial charge in [0.15, 0.2) is 0 Å². The summed E-state index contributed by atoms with van der Waals surface area (Å²) < 4.78 is 1.97. The van der Waals surface area contributed by atoms with E-state index in [1.165, 1.54) is 16.7 Å². The summed E-state index contributed by atoms with van der Waals surface area (Å²) >= 11 is 0. The summed E-state index contributed by atoms with van der Waals surface area (Å²) in [5.41, 5.74) is 5.00. The third-order valence-corrected chi connectivity index (χ3v) is 3.26. The standard InChI is InChI=1S/C16H23N3/c1-11(2)19-10-16(9-17-19)18-14(5)15-7-12(3)6-13(4)8-15/h6-11,14,18H,1-5H3. The van der Waals surface area contributed by atoms with Crippen LogP contribution in [0.1, 0.15) is 49.5 Å². The van der Waals surface area contributed by atoms with E-state index in [-0.39, 0.29) is 6.04 Å². The quantitative estimate of drug-likeness (QED) is 0.887. The van der Waals surface area contributed by atoms with Crippen LogP contribution in [0, 0.1) is 13.8 Å². The molecule has 0 saturated carbocycles. The van der Waals surface area contributed by atoms with E-state index in [0.29, 0.717) is 6.04 Å². The van der Waals surface area contributed by atoms with Crippen molar-refractivity contribution in [2.24, 2.45) is 0 Å². The van der Waals surface area contributed by atoms with Crippen LogP contribution in [0.5, 0.6) is 0 Å². The second-order valence-electron chi connectivity index (χ2n) is 5.59. The van der Waals surface area contributed by atoms with E-state index < -0.39 is 0 Å². The van der Waals surface area contributed by atoms with Gasteiger partial charge in [0, 0.05) is 18.3 Å². The Kier molecular flexibility index (Phi) is 3.93. The molecule has 0 amide bonds. The van der Waals surface area contributed by atoms with E-state index >= 15 is 0 Å². The van der Waals surface area contributed by atoms with Crippen molar-refractivity contribution in [3.8, 4) is 0 Å². The zero-order valence-corrected chi connectivity index (χ0v) is 12.4. The van der Waals surface area contributed by atoms with Gasteiger partial charge in [-0.25, -0.2) is 0 Å². The smallest absolute Gasteiger partial charge is 0.0731 e. The second-order valence-corrected chi connectivity index (χ2v) is 5.59. The molecule has 2 aromatic rings. The first-order valence-electron chi connectivity index (χ1n) is 6.84. The maximum absolute atomic E-state index is 4.35. The van der Waals surface area contributed by atoms with Crippen molar-refractivity contribution in [3.63, 3.8) is 0 Å². The predicted molar refractivity (Wildman–Crippen MR) is 80.6 cm³/mol. The van der Waals surface area contributed by atoms with Gasteiger partial charge in [-0.1, -0.05) is 29.3 Å². The fourth-order valence-corrected chi connectivity index (χ4v) is 2.29. The summed E-state index contributed by atoms with van der Waals surface area (Å²) in [4.78, 5) is 0. The van der Waals surface area contributed by atoms with E-state index in [2.05, 4.69) is 69.4 Å². The molecule has 0 bridgehead atoms. The minimum Gasteiger partial charge on any atom is -0.376 e. The first kappa shape index (κ1) is 13.7. The fraction of sp³-hybridized carbons (Fsp3) is 0.438. The minimum atomic E-state index is 0.281. The Bertz CT molecular complexity index is 535. The average molecular weight is 257 g/mol. The Hall–Kier alpha value is -1.77. The normalized spacial score (nSPS) is 12.7. The molecular weight excluding hydrogens is 234 g/mol. The second kappa shape index (κ2) is 5.47. The third kappa shape index (κ3) is 3.37. The molecule has 0 fully saturated rings. The van der Waals surface area contributed by atoms with Crippen molar-refractivity contribution >= 4 is 5.69 Å². The Labute approximate surface area is 115 Å². The van der Waals surface area contributed by atoms with Gasteiger partial charge in [0.1, 0.15) is 0 Å². The molecule has 0 spiro atoms. The van der Waals surface area contributed by atoms with Crippen LogP contribution in [-0.2, 0) is 0 Å². The summed E-state index contributed by atoms with van der Waals surface area (Å²) in [5, 5.41) is 7.86. The molecule has 1 atom stereocenters. The largest absolute Gasteiger partial charge is 0.376 e. The van der Waals surface area contributed by atoms with Gasteiger partial charge in [-0.2, -0.15) is 5.10 Å². The monoisotopic (exact) mass is 257 g/mol. The molecule has 1 unspecified atom stereocenters. The number of aromatic nitrogens is 2. The van der Waals surface area contributed by atoms with Crippen molar-refractivity contribution in [2.75, 3.05) is 5.32 Å². The third-order valence-electron chi connectivity index (χ3n) is 3.26. The maximum Gasteiger partial charge on any atom is 0.0731 e. The lowest BCUT2D eigenvalue weighted by atomic mass is 10.0. The van der Waals surface area contributed by atoms with Crippen LogP contribution in [0.4, 0.5) is 5.69 Å². The number of hydrogen-bond acceptors (Lipinski definition) is 2. The van der Waals surface area contributed by atoms with Crippen LogP contribution in [0.15, 0.2) is 30.6 Å². The number of hydrogen-bond donors (Lipinski definition) is 1. The lowest BCUT2D eigenvalue weighted by molar-refractivity contribution is 0.532. The van der Waals surface area contributed by atoms with Gasteiger partial charge >= 0.3 is 0 Å². The summed E-state index contributed by atoms with van der Waals surface area (Å²) in [6.07, 6.45) is 3.95. The summed E-state index contributed by atoms with van der Waals surface area (Å²) in [7, 11) is 0. The molecule has 1 N–H and O–H groups in total. The lowest BCUT2D eigenvalue weighted by Crippen LogP contribution is -2.07. The van der Waals surface area contributed by atoms with Gasteiger partial charge in [-0.05, 0) is 40.2 Å². The zero-order valence-electron chi connectivity index (χ0n) is 12.4. The molecule has 0 aliphatic heterocycles. The Morgan fingerprint density at radius 3 is 2.21 bits per heavy atom. The highest BCUT2D eigenvalue weighted by Gasteiger charge is 2.08. The molecule has 2 rings (SSSR count). The van der Waals surface area contributed by atoms with E-state index in [0.717, 1.165) is 5.69 Å². The van der Waals surface area contributed by atoms with Crippen molar-refractivity contribution in [2.45, 2.75) is 46.7 Å². The zero-order chi connectivity index (χ0) is 14.0. The van der Waals surface area contributed by atoms with Gasteiger partial charge in [0.05, 0.1) is 11.9 Å². The van der Waals surface area contributed by atoms with Crippen molar-refractivity contribution < 1.29 is 0 Å². The Morgan fingerprint density at radius 1 is 1.05 bits per heavy atom. The molecule has 1 aromatic heterocycles. The van der Waals surface area contributed by atoms with E-state index in [1.807, 2.05) is 10.9 Å². The highest BCUT2D eigenvalue weighted by atomic mass is 15.3. The predicted octanol–water partition coefficient (Wildman–Crippen LogP) is 4.25. The number of benzene rings is 1. The number of aryl methyl sites for hydroxylation is 2. The van der Waals surface area contributed by atoms with Crippen LogP contribution in [0.25, 0.3) is 0 Å². The number of rotatable bonds is 4. The van der Waals surface area contributed by atoms with Gasteiger partial charge < -0.3 is 5.32 Å². The van der Waals surface area contributed by atoms with E-state index in [9.17, 15) is 0 Å². The lowest BCUT2D eigenvalue weighted by Gasteiger charge is -2.15. The van der Waals surface area contributed by atoms with Gasteiger partial charge in [0.2, 0.25) is 0 Å². The van der Waals surface area contributed by atoms with Crippen LogP contribution >= 0.6 is 0 Å². The molecule has 0 radical (unpaired) electrons. The minimum absolute atomic E-state index is 0.281. The summed E-state index contributed by atoms with van der Waals surface area (Å²) in [5.74, 6) is 0. The van der Waals surface area contributed by atoms with Crippen molar-refractivity contribution in [3.05, 3.63) is 47.3 Å². The molecule has 19 heavy (non-hydrogen) atoms. The molecular formula is C16H23N3. The fourth-order valence-electron chi connectivity index (χ4n) is 2.29. The number of anilines is 1. The van der Waals surface area contributed by atoms with E-state index in [4.69, 9.17) is 0 Å². The first-order chi connectivity index (χ1) is 8.95. The van der Waals surface area contributed by atoms with E-state index in [1.54, 1.807) is 0 Å². The van der Waals surface area contributed by atoms with Crippen molar-refractivity contribution in [1.82, 2.24) is 9.78 Å². The highest BCUT2D eigenvalue weighted by molar-refractivity contribution is 5.42. The molecule has 1 heterocycles. The first-order valence-corrected chi connectivity index (χ1v) is 6.84. The van der Waals surface area contributed by atoms with Crippen LogP contribution < -0.4 is 5.32 Å².